The first-order valence-electron chi connectivity index (χ1n) is 3.96. The topological polar surface area (TPSA) is 23.9 Å². The third-order valence-electron chi connectivity index (χ3n) is 1.96. The molecule has 0 fully saturated rings. The second kappa shape index (κ2) is 2.65. The monoisotopic (exact) mass is 149 g/mol. The lowest BCUT2D eigenvalue weighted by molar-refractivity contribution is 0.488. The van der Waals surface area contributed by atoms with Crippen molar-refractivity contribution in [1.29, 1.82) is 5.41 Å². The molecule has 0 spiro atoms. The second-order valence-corrected chi connectivity index (χ2v) is 3.84. The van der Waals surface area contributed by atoms with Gasteiger partial charge in [-0.15, -0.1) is 0 Å². The van der Waals surface area contributed by atoms with Crippen LogP contribution < -0.4 is 0 Å². The molecular weight excluding hydrogens is 134 g/mol. The summed E-state index contributed by atoms with van der Waals surface area (Å²) in [6, 6.07) is 0. The molecule has 0 radical (unpaired) electrons. The van der Waals surface area contributed by atoms with Crippen molar-refractivity contribution in [3.8, 4) is 0 Å². The Bertz CT molecular complexity index is 231. The molecule has 0 heterocycles. The fourth-order valence-electron chi connectivity index (χ4n) is 1.33. The van der Waals surface area contributed by atoms with Crippen molar-refractivity contribution in [2.75, 3.05) is 0 Å². The van der Waals surface area contributed by atoms with E-state index in [1.165, 1.54) is 0 Å². The van der Waals surface area contributed by atoms with Crippen LogP contribution in [0.2, 0.25) is 0 Å². The Hall–Kier alpha value is -0.850. The molecule has 1 aliphatic rings. The van der Waals surface area contributed by atoms with Gasteiger partial charge in [0, 0.05) is 0 Å². The van der Waals surface area contributed by atoms with Crippen LogP contribution in [0.4, 0.5) is 0 Å². The van der Waals surface area contributed by atoms with Crippen LogP contribution in [0.1, 0.15) is 27.2 Å². The molecule has 0 aromatic rings. The smallest absolute Gasteiger partial charge is 0.0562 e. The van der Waals surface area contributed by atoms with Crippen molar-refractivity contribution >= 4 is 5.71 Å². The van der Waals surface area contributed by atoms with E-state index in [1.807, 2.05) is 13.0 Å². The lowest BCUT2D eigenvalue weighted by Crippen LogP contribution is -2.05. The molecular formula is C10H15N. The van der Waals surface area contributed by atoms with Crippen LogP contribution in [-0.4, -0.2) is 5.71 Å². The summed E-state index contributed by atoms with van der Waals surface area (Å²) in [5.74, 6) is 0. The Morgan fingerprint density at radius 2 is 2.09 bits per heavy atom. The molecule has 1 heteroatoms. The third-order valence-corrected chi connectivity index (χ3v) is 1.96. The van der Waals surface area contributed by atoms with Crippen LogP contribution in [0.15, 0.2) is 23.8 Å². The zero-order chi connectivity index (χ0) is 8.48. The molecule has 11 heavy (non-hydrogen) atoms. The average molecular weight is 149 g/mol. The standard InChI is InChI=1S/C10H15N/c1-8-7-10(2,3)6-4-5-9(8)11/h4-5,7,11H,6H2,1-3H3. The molecule has 0 amide bonds. The van der Waals surface area contributed by atoms with Crippen molar-refractivity contribution in [2.45, 2.75) is 27.2 Å². The van der Waals surface area contributed by atoms with Gasteiger partial charge in [0.15, 0.2) is 0 Å². The average Bonchev–Trinajstić information content (AvgIpc) is 1.93. The maximum atomic E-state index is 7.56. The maximum absolute atomic E-state index is 7.56. The highest BCUT2D eigenvalue weighted by atomic mass is 14.4. The van der Waals surface area contributed by atoms with Gasteiger partial charge in [-0.3, -0.25) is 0 Å². The molecule has 0 unspecified atom stereocenters. The van der Waals surface area contributed by atoms with Crippen LogP contribution in [0.25, 0.3) is 0 Å². The van der Waals surface area contributed by atoms with E-state index in [2.05, 4.69) is 26.0 Å². The highest BCUT2D eigenvalue weighted by Crippen LogP contribution is 2.26. The van der Waals surface area contributed by atoms with Crippen molar-refractivity contribution < 1.29 is 0 Å². The van der Waals surface area contributed by atoms with E-state index in [9.17, 15) is 0 Å². The van der Waals surface area contributed by atoms with Gasteiger partial charge >= 0.3 is 0 Å². The Morgan fingerprint density at radius 1 is 1.45 bits per heavy atom. The van der Waals surface area contributed by atoms with Gasteiger partial charge in [-0.25, -0.2) is 0 Å². The van der Waals surface area contributed by atoms with E-state index in [0.717, 1.165) is 12.0 Å². The lowest BCUT2D eigenvalue weighted by Gasteiger charge is -2.16. The van der Waals surface area contributed by atoms with Crippen LogP contribution in [-0.2, 0) is 0 Å². The molecule has 0 atom stereocenters. The molecule has 1 nitrogen and oxygen atoms in total. The fraction of sp³-hybridized carbons (Fsp3) is 0.500. The van der Waals surface area contributed by atoms with E-state index in [4.69, 9.17) is 5.41 Å². The molecule has 0 aromatic heterocycles. The largest absolute Gasteiger partial charge is 0.301 e. The highest BCUT2D eigenvalue weighted by Gasteiger charge is 2.15. The van der Waals surface area contributed by atoms with E-state index in [1.54, 1.807) is 0 Å². The van der Waals surface area contributed by atoms with Crippen molar-refractivity contribution in [2.24, 2.45) is 5.41 Å². The second-order valence-electron chi connectivity index (χ2n) is 3.84. The summed E-state index contributed by atoms with van der Waals surface area (Å²) in [5, 5.41) is 7.56. The summed E-state index contributed by atoms with van der Waals surface area (Å²) in [6.07, 6.45) is 7.18. The summed E-state index contributed by atoms with van der Waals surface area (Å²) in [5.41, 5.74) is 1.96. The predicted octanol–water partition coefficient (Wildman–Crippen LogP) is 2.94. The van der Waals surface area contributed by atoms with E-state index < -0.39 is 0 Å². The summed E-state index contributed by atoms with van der Waals surface area (Å²) < 4.78 is 0. The Labute approximate surface area is 68.3 Å². The molecule has 1 rings (SSSR count). The predicted molar refractivity (Wildman–Crippen MR) is 49.0 cm³/mol. The molecule has 0 saturated heterocycles. The fourth-order valence-corrected chi connectivity index (χ4v) is 1.33. The zero-order valence-electron chi connectivity index (χ0n) is 7.44. The van der Waals surface area contributed by atoms with Gasteiger partial charge < -0.3 is 5.41 Å². The normalized spacial score (nSPS) is 22.8. The minimum Gasteiger partial charge on any atom is -0.301 e. The van der Waals surface area contributed by atoms with Gasteiger partial charge in [0.2, 0.25) is 0 Å². The Morgan fingerprint density at radius 3 is 2.73 bits per heavy atom. The Kier molecular flexibility index (Phi) is 1.99. The lowest BCUT2D eigenvalue weighted by atomic mass is 9.88. The SMILES string of the molecule is CC1=CC(C)(C)CC=CC1=N. The minimum absolute atomic E-state index is 0.226. The molecule has 0 bridgehead atoms. The minimum atomic E-state index is 0.226. The van der Waals surface area contributed by atoms with Gasteiger partial charge in [-0.2, -0.15) is 0 Å². The van der Waals surface area contributed by atoms with Crippen LogP contribution >= 0.6 is 0 Å². The highest BCUT2D eigenvalue weighted by molar-refractivity contribution is 6.05. The first kappa shape index (κ1) is 8.25. The maximum Gasteiger partial charge on any atom is 0.0562 e. The number of hydrogen-bond donors (Lipinski definition) is 1. The molecule has 0 aliphatic heterocycles. The Balaban J connectivity index is 2.98. The first-order valence-corrected chi connectivity index (χ1v) is 3.96. The molecule has 60 valence electrons. The van der Waals surface area contributed by atoms with Gasteiger partial charge in [-0.05, 0) is 30.4 Å². The summed E-state index contributed by atoms with van der Waals surface area (Å²) in [4.78, 5) is 0. The van der Waals surface area contributed by atoms with E-state index in [0.29, 0.717) is 5.71 Å². The molecule has 0 saturated carbocycles. The third kappa shape index (κ3) is 2.04. The quantitative estimate of drug-likeness (QED) is 0.547. The van der Waals surface area contributed by atoms with Crippen molar-refractivity contribution in [1.82, 2.24) is 0 Å². The number of hydrogen-bond acceptors (Lipinski definition) is 1. The number of allylic oxidation sites excluding steroid dienone is 4. The van der Waals surface area contributed by atoms with Gasteiger partial charge in [-0.1, -0.05) is 26.0 Å². The summed E-state index contributed by atoms with van der Waals surface area (Å²) in [6.45, 7) is 6.39. The number of rotatable bonds is 0. The van der Waals surface area contributed by atoms with E-state index >= 15 is 0 Å². The molecule has 1 aliphatic carbocycles. The van der Waals surface area contributed by atoms with Crippen LogP contribution in [0.3, 0.4) is 0 Å². The molecule has 0 aromatic carbocycles. The van der Waals surface area contributed by atoms with E-state index in [-0.39, 0.29) is 5.41 Å². The van der Waals surface area contributed by atoms with Crippen LogP contribution in [0.5, 0.6) is 0 Å². The summed E-state index contributed by atoms with van der Waals surface area (Å²) in [7, 11) is 0. The van der Waals surface area contributed by atoms with Crippen molar-refractivity contribution in [3.05, 3.63) is 23.8 Å². The number of nitrogens with one attached hydrogen (secondary N) is 1. The first-order chi connectivity index (χ1) is 5.01. The van der Waals surface area contributed by atoms with Crippen LogP contribution in [0, 0.1) is 10.8 Å². The van der Waals surface area contributed by atoms with Gasteiger partial charge in [0.1, 0.15) is 0 Å². The van der Waals surface area contributed by atoms with Crippen molar-refractivity contribution in [3.63, 3.8) is 0 Å². The summed E-state index contributed by atoms with van der Waals surface area (Å²) >= 11 is 0. The zero-order valence-corrected chi connectivity index (χ0v) is 7.44. The van der Waals surface area contributed by atoms with Gasteiger partial charge in [0.05, 0.1) is 5.71 Å². The van der Waals surface area contributed by atoms with Gasteiger partial charge in [0.25, 0.3) is 0 Å². The molecule has 1 N–H and O–H groups in total.